The fourth-order valence-electron chi connectivity index (χ4n) is 4.96. The quantitative estimate of drug-likeness (QED) is 0.399. The van der Waals surface area contributed by atoms with Gasteiger partial charge in [-0.2, -0.15) is 10.1 Å². The van der Waals surface area contributed by atoms with Crippen LogP contribution in [0.15, 0.2) is 35.0 Å². The standard InChI is InChI=1S/C23H26N8O4/c1-23(2,3)17-13(8-6-10-30(17)22(33)34)31-19-15(18(24)25-11-26-19)16(29-31)20(32)28-21-27-12-7-4-5-9-14(12)35-21/h4-5,7,9,11,13,17H,6,8,10H2,1-3H3,(H,33,34)(H2,24,25,26)(H,27,28,32). The number of nitrogens with one attached hydrogen (secondary N) is 1. The van der Waals surface area contributed by atoms with Crippen LogP contribution in [0.1, 0.15) is 50.1 Å². The van der Waals surface area contributed by atoms with Crippen molar-refractivity contribution in [3.63, 3.8) is 0 Å². The molecule has 0 bridgehead atoms. The molecular formula is C23H26N8O4. The van der Waals surface area contributed by atoms with Crippen LogP contribution in [0, 0.1) is 5.41 Å². The molecule has 4 N–H and O–H groups in total. The van der Waals surface area contributed by atoms with Gasteiger partial charge in [0.05, 0.1) is 17.5 Å². The molecule has 182 valence electrons. The summed E-state index contributed by atoms with van der Waals surface area (Å²) >= 11 is 0. The lowest BCUT2D eigenvalue weighted by Gasteiger charge is -2.46. The van der Waals surface area contributed by atoms with E-state index >= 15 is 0 Å². The smallest absolute Gasteiger partial charge is 0.407 e. The molecule has 5 rings (SSSR count). The third-order valence-electron chi connectivity index (χ3n) is 6.29. The second kappa shape index (κ2) is 8.22. The van der Waals surface area contributed by atoms with E-state index in [0.29, 0.717) is 41.5 Å². The Morgan fingerprint density at radius 2 is 2.00 bits per heavy atom. The zero-order chi connectivity index (χ0) is 24.9. The number of anilines is 2. The van der Waals surface area contributed by atoms with Crippen molar-refractivity contribution >= 4 is 46.0 Å². The molecule has 1 fully saturated rings. The number of hydrogen-bond donors (Lipinski definition) is 3. The maximum Gasteiger partial charge on any atom is 0.407 e. The minimum Gasteiger partial charge on any atom is -0.465 e. The van der Waals surface area contributed by atoms with Crippen molar-refractivity contribution in [2.45, 2.75) is 45.7 Å². The van der Waals surface area contributed by atoms with Crippen LogP contribution in [0.4, 0.5) is 16.6 Å². The summed E-state index contributed by atoms with van der Waals surface area (Å²) in [5.74, 6) is -0.484. The summed E-state index contributed by atoms with van der Waals surface area (Å²) in [6.45, 7) is 6.39. The van der Waals surface area contributed by atoms with Crippen molar-refractivity contribution in [1.82, 2.24) is 29.6 Å². The van der Waals surface area contributed by atoms with E-state index in [9.17, 15) is 14.7 Å². The summed E-state index contributed by atoms with van der Waals surface area (Å²) in [5.41, 5.74) is 7.27. The molecule has 0 aliphatic carbocycles. The normalized spacial score (nSPS) is 18.8. The van der Waals surface area contributed by atoms with Gasteiger partial charge in [-0.15, -0.1) is 0 Å². The number of nitrogens with zero attached hydrogens (tertiary/aromatic N) is 6. The molecule has 1 aliphatic heterocycles. The predicted octanol–water partition coefficient (Wildman–Crippen LogP) is 3.53. The van der Waals surface area contributed by atoms with Gasteiger partial charge in [0.15, 0.2) is 16.9 Å². The number of carboxylic acid groups (broad SMARTS) is 1. The summed E-state index contributed by atoms with van der Waals surface area (Å²) in [6.07, 6.45) is 1.63. The van der Waals surface area contributed by atoms with Gasteiger partial charge in [0.2, 0.25) is 0 Å². The van der Waals surface area contributed by atoms with Gasteiger partial charge >= 0.3 is 12.1 Å². The van der Waals surface area contributed by atoms with Gasteiger partial charge in [-0.25, -0.2) is 19.4 Å². The number of carbonyl (C=O) groups excluding carboxylic acids is 1. The van der Waals surface area contributed by atoms with Crippen LogP contribution in [-0.4, -0.2) is 59.3 Å². The van der Waals surface area contributed by atoms with E-state index in [0.717, 1.165) is 0 Å². The SMILES string of the molecule is CC(C)(C)C1C(n2nc(C(=O)Nc3nc4ccccc4o3)c3c(N)ncnc32)CCCN1C(=O)O. The Bertz CT molecular complexity index is 1400. The Hall–Kier alpha value is -4.22. The lowest BCUT2D eigenvalue weighted by atomic mass is 9.77. The van der Waals surface area contributed by atoms with Crippen LogP contribution < -0.4 is 11.1 Å². The molecule has 2 amide bonds. The number of likely N-dealkylation sites (tertiary alicyclic amines) is 1. The molecule has 12 heteroatoms. The predicted molar refractivity (Wildman–Crippen MR) is 128 cm³/mol. The summed E-state index contributed by atoms with van der Waals surface area (Å²) in [4.78, 5) is 39.5. The zero-order valence-corrected chi connectivity index (χ0v) is 19.6. The fourth-order valence-corrected chi connectivity index (χ4v) is 4.96. The van der Waals surface area contributed by atoms with Gasteiger partial charge in [-0.1, -0.05) is 32.9 Å². The minimum absolute atomic E-state index is 0.0143. The molecule has 1 aromatic carbocycles. The zero-order valence-electron chi connectivity index (χ0n) is 19.6. The van der Waals surface area contributed by atoms with Crippen LogP contribution in [0.3, 0.4) is 0 Å². The first-order valence-electron chi connectivity index (χ1n) is 11.3. The molecular weight excluding hydrogens is 452 g/mol. The van der Waals surface area contributed by atoms with Crippen LogP contribution in [-0.2, 0) is 0 Å². The Labute approximate surface area is 200 Å². The number of aromatic nitrogens is 5. The number of nitrogen functional groups attached to an aromatic ring is 1. The van der Waals surface area contributed by atoms with Crippen molar-refractivity contribution in [2.24, 2.45) is 5.41 Å². The maximum absolute atomic E-state index is 13.3. The molecule has 4 heterocycles. The van der Waals surface area contributed by atoms with E-state index in [1.165, 1.54) is 11.2 Å². The van der Waals surface area contributed by atoms with Gasteiger partial charge < -0.3 is 20.2 Å². The van der Waals surface area contributed by atoms with Gasteiger partial charge in [0, 0.05) is 6.54 Å². The number of amides is 2. The van der Waals surface area contributed by atoms with E-state index < -0.39 is 23.5 Å². The highest BCUT2D eigenvalue weighted by Gasteiger charge is 2.44. The number of piperidine rings is 1. The molecule has 4 aromatic rings. The van der Waals surface area contributed by atoms with Crippen LogP contribution in [0.2, 0.25) is 0 Å². The number of hydrogen-bond acceptors (Lipinski definition) is 8. The van der Waals surface area contributed by atoms with E-state index in [1.54, 1.807) is 16.8 Å². The average Bonchev–Trinajstić information content (AvgIpc) is 3.39. The van der Waals surface area contributed by atoms with Crippen molar-refractivity contribution in [2.75, 3.05) is 17.6 Å². The second-order valence-corrected chi connectivity index (χ2v) is 9.69. The first-order chi connectivity index (χ1) is 16.6. The summed E-state index contributed by atoms with van der Waals surface area (Å²) in [5, 5.41) is 17.4. The Balaban J connectivity index is 1.59. The highest BCUT2D eigenvalue weighted by molar-refractivity contribution is 6.12. The minimum atomic E-state index is -0.992. The van der Waals surface area contributed by atoms with Gasteiger partial charge in [-0.3, -0.25) is 10.1 Å². The van der Waals surface area contributed by atoms with Crippen molar-refractivity contribution in [3.05, 3.63) is 36.3 Å². The Morgan fingerprint density at radius 1 is 1.23 bits per heavy atom. The van der Waals surface area contributed by atoms with Crippen molar-refractivity contribution in [1.29, 1.82) is 0 Å². The van der Waals surface area contributed by atoms with Crippen LogP contribution >= 0.6 is 0 Å². The highest BCUT2D eigenvalue weighted by atomic mass is 16.4. The van der Waals surface area contributed by atoms with Crippen LogP contribution in [0.5, 0.6) is 0 Å². The third kappa shape index (κ3) is 3.90. The number of oxazole rings is 1. The molecule has 1 aliphatic rings. The van der Waals surface area contributed by atoms with Crippen molar-refractivity contribution < 1.29 is 19.1 Å². The maximum atomic E-state index is 13.3. The molecule has 35 heavy (non-hydrogen) atoms. The largest absolute Gasteiger partial charge is 0.465 e. The van der Waals surface area contributed by atoms with E-state index in [4.69, 9.17) is 10.2 Å². The number of carbonyl (C=O) groups is 2. The lowest BCUT2D eigenvalue weighted by Crippen LogP contribution is -2.54. The van der Waals surface area contributed by atoms with Crippen molar-refractivity contribution in [3.8, 4) is 0 Å². The molecule has 2 atom stereocenters. The molecule has 1 saturated heterocycles. The van der Waals surface area contributed by atoms with E-state index in [1.807, 2.05) is 32.9 Å². The number of benzene rings is 1. The van der Waals surface area contributed by atoms with E-state index in [-0.39, 0.29) is 23.6 Å². The van der Waals surface area contributed by atoms with Gasteiger partial charge in [0.25, 0.3) is 5.91 Å². The molecule has 0 spiro atoms. The highest BCUT2D eigenvalue weighted by Crippen LogP contribution is 2.40. The number of fused-ring (bicyclic) bond motifs is 2. The average molecular weight is 479 g/mol. The van der Waals surface area contributed by atoms with Crippen LogP contribution in [0.25, 0.3) is 22.1 Å². The fraction of sp³-hybridized carbons (Fsp3) is 0.391. The lowest BCUT2D eigenvalue weighted by molar-refractivity contribution is 0.0247. The van der Waals surface area contributed by atoms with E-state index in [2.05, 4.69) is 25.4 Å². The molecule has 2 unspecified atom stereocenters. The summed E-state index contributed by atoms with van der Waals surface area (Å²) in [7, 11) is 0. The topological polar surface area (TPSA) is 165 Å². The second-order valence-electron chi connectivity index (χ2n) is 9.69. The number of para-hydroxylation sites is 2. The van der Waals surface area contributed by atoms with Gasteiger partial charge in [-0.05, 0) is 30.4 Å². The monoisotopic (exact) mass is 478 g/mol. The number of rotatable bonds is 3. The first kappa shape index (κ1) is 22.6. The molecule has 12 nitrogen and oxygen atoms in total. The third-order valence-corrected chi connectivity index (χ3v) is 6.29. The molecule has 0 radical (unpaired) electrons. The first-order valence-corrected chi connectivity index (χ1v) is 11.3. The van der Waals surface area contributed by atoms with Gasteiger partial charge in [0.1, 0.15) is 17.7 Å². The number of nitrogens with two attached hydrogens (primary N) is 1. The Kier molecular flexibility index (Phi) is 5.30. The summed E-state index contributed by atoms with van der Waals surface area (Å²) < 4.78 is 7.24. The Morgan fingerprint density at radius 3 is 2.71 bits per heavy atom. The molecule has 0 saturated carbocycles. The molecule has 3 aromatic heterocycles. The summed E-state index contributed by atoms with van der Waals surface area (Å²) in [6, 6.07) is 6.41.